The van der Waals surface area contributed by atoms with Gasteiger partial charge in [-0.15, -0.1) is 0 Å². The summed E-state index contributed by atoms with van der Waals surface area (Å²) >= 11 is 0. The molecule has 3 N–H and O–H groups in total. The molecule has 8 nitrogen and oxygen atoms in total. The summed E-state index contributed by atoms with van der Waals surface area (Å²) < 4.78 is 11.0. The molecule has 0 atom stereocenters. The first-order valence-electron chi connectivity index (χ1n) is 13.2. The Balaban J connectivity index is 1.47. The van der Waals surface area contributed by atoms with Gasteiger partial charge in [-0.1, -0.05) is 61.9 Å². The minimum atomic E-state index is -0.660. The van der Waals surface area contributed by atoms with Crippen molar-refractivity contribution in [1.29, 1.82) is 0 Å². The number of rotatable bonds is 8. The molecule has 3 aromatic rings. The van der Waals surface area contributed by atoms with E-state index >= 15 is 0 Å². The molecule has 0 aliphatic heterocycles. The summed E-state index contributed by atoms with van der Waals surface area (Å²) in [5, 5.41) is 8.24. The van der Waals surface area contributed by atoms with Crippen molar-refractivity contribution in [1.82, 2.24) is 0 Å². The van der Waals surface area contributed by atoms with E-state index in [0.29, 0.717) is 23.5 Å². The molecule has 39 heavy (non-hydrogen) atoms. The number of carbonyl (C=O) groups excluding carboxylic acids is 3. The molecule has 0 heterocycles. The normalized spacial score (nSPS) is 12.2. The van der Waals surface area contributed by atoms with Crippen LogP contribution in [-0.2, 0) is 14.3 Å². The van der Waals surface area contributed by atoms with Crippen molar-refractivity contribution in [2.24, 2.45) is 0 Å². The topological polar surface area (TPSA) is 106 Å². The van der Waals surface area contributed by atoms with Crippen LogP contribution in [0.1, 0.15) is 64.0 Å². The molecular formula is C31H35N3O5. The van der Waals surface area contributed by atoms with Crippen molar-refractivity contribution < 1.29 is 23.9 Å². The van der Waals surface area contributed by atoms with Gasteiger partial charge in [-0.05, 0) is 67.6 Å². The molecule has 0 saturated carbocycles. The molecule has 0 aromatic heterocycles. The Morgan fingerprint density at radius 2 is 1.44 bits per heavy atom. The fourth-order valence-electron chi connectivity index (χ4n) is 4.55. The third kappa shape index (κ3) is 7.16. The number of ether oxygens (including phenoxy) is 2. The van der Waals surface area contributed by atoms with Gasteiger partial charge in [0, 0.05) is 18.0 Å². The molecule has 0 bridgehead atoms. The van der Waals surface area contributed by atoms with E-state index in [1.54, 1.807) is 39.0 Å². The van der Waals surface area contributed by atoms with E-state index in [1.807, 2.05) is 31.2 Å². The van der Waals surface area contributed by atoms with Crippen molar-refractivity contribution in [2.45, 2.75) is 58.5 Å². The molecule has 0 unspecified atom stereocenters. The number of hydrogen-bond donors (Lipinski definition) is 3. The number of nitrogens with one attached hydrogen (secondary N) is 3. The molecule has 3 amide bonds. The van der Waals surface area contributed by atoms with Crippen LogP contribution in [0.25, 0.3) is 11.1 Å². The highest BCUT2D eigenvalue weighted by Gasteiger charge is 2.29. The lowest BCUT2D eigenvalue weighted by atomic mass is 9.98. The third-order valence-electron chi connectivity index (χ3n) is 6.28. The van der Waals surface area contributed by atoms with Crippen molar-refractivity contribution in [3.05, 3.63) is 77.9 Å². The summed E-state index contributed by atoms with van der Waals surface area (Å²) in [5.74, 6) is -0.265. The molecule has 3 aromatic carbocycles. The molecule has 204 valence electrons. The van der Waals surface area contributed by atoms with Gasteiger partial charge in [0.25, 0.3) is 0 Å². The van der Waals surface area contributed by atoms with Crippen molar-refractivity contribution in [2.75, 3.05) is 22.6 Å². The maximum atomic E-state index is 12.9. The van der Waals surface area contributed by atoms with E-state index in [4.69, 9.17) is 9.47 Å². The Kier molecular flexibility index (Phi) is 8.54. The Morgan fingerprint density at radius 1 is 0.795 bits per heavy atom. The highest BCUT2D eigenvalue weighted by atomic mass is 16.6. The second-order valence-corrected chi connectivity index (χ2v) is 10.5. The van der Waals surface area contributed by atoms with Gasteiger partial charge in [0.05, 0.1) is 11.4 Å². The van der Waals surface area contributed by atoms with E-state index in [2.05, 4.69) is 40.2 Å². The highest BCUT2D eigenvalue weighted by molar-refractivity contribution is 5.99. The summed E-state index contributed by atoms with van der Waals surface area (Å²) in [4.78, 5) is 37.6. The molecule has 8 heteroatoms. The number of fused-ring (bicyclic) bond motifs is 3. The van der Waals surface area contributed by atoms with Crippen molar-refractivity contribution >= 4 is 35.2 Å². The first kappa shape index (κ1) is 27.7. The minimum absolute atomic E-state index is 0.0724. The average molecular weight is 530 g/mol. The number of carbonyl (C=O) groups is 3. The lowest BCUT2D eigenvalue weighted by molar-refractivity contribution is -0.116. The Hall–Kier alpha value is -4.33. The SMILES string of the molecule is CCCCC(=O)Nc1cc(NC(=O)OC(C)(C)C)ccc1NC(=O)OCC1c2ccccc2-c2ccccc21. The van der Waals surface area contributed by atoms with Gasteiger partial charge in [0.1, 0.15) is 12.2 Å². The van der Waals surface area contributed by atoms with Crippen LogP contribution in [-0.4, -0.2) is 30.3 Å². The predicted molar refractivity (Wildman–Crippen MR) is 153 cm³/mol. The van der Waals surface area contributed by atoms with Crippen LogP contribution in [0.2, 0.25) is 0 Å². The standard InChI is InChI=1S/C31H35N3O5/c1-5-6-15-28(35)33-27-18-20(32-30(37)39-31(2,3)4)16-17-26(27)34-29(36)38-19-25-23-13-9-7-11-21(23)22-12-8-10-14-24(22)25/h7-14,16-18,25H,5-6,15,19H2,1-4H3,(H,32,37)(H,33,35)(H,34,36). The largest absolute Gasteiger partial charge is 0.448 e. The van der Waals surface area contributed by atoms with E-state index in [0.717, 1.165) is 35.1 Å². The number of hydrogen-bond acceptors (Lipinski definition) is 5. The monoisotopic (exact) mass is 529 g/mol. The van der Waals surface area contributed by atoms with Gasteiger partial charge in [-0.25, -0.2) is 9.59 Å². The molecular weight excluding hydrogens is 494 g/mol. The quantitative estimate of drug-likeness (QED) is 0.280. The number of anilines is 3. The van der Waals surface area contributed by atoms with E-state index in [9.17, 15) is 14.4 Å². The fourth-order valence-corrected chi connectivity index (χ4v) is 4.55. The first-order valence-corrected chi connectivity index (χ1v) is 13.2. The highest BCUT2D eigenvalue weighted by Crippen LogP contribution is 2.44. The van der Waals surface area contributed by atoms with Crippen LogP contribution in [0.4, 0.5) is 26.7 Å². The smallest absolute Gasteiger partial charge is 0.412 e. The maximum absolute atomic E-state index is 12.9. The van der Waals surface area contributed by atoms with Crippen molar-refractivity contribution in [3.63, 3.8) is 0 Å². The van der Waals surface area contributed by atoms with E-state index in [-0.39, 0.29) is 18.4 Å². The zero-order valence-electron chi connectivity index (χ0n) is 22.8. The predicted octanol–water partition coefficient (Wildman–Crippen LogP) is 7.52. The Bertz CT molecular complexity index is 1320. The summed E-state index contributed by atoms with van der Waals surface area (Å²) in [6, 6.07) is 21.0. The number of benzene rings is 3. The van der Waals surface area contributed by atoms with E-state index < -0.39 is 17.8 Å². The van der Waals surface area contributed by atoms with Crippen LogP contribution in [0.5, 0.6) is 0 Å². The molecule has 0 fully saturated rings. The fraction of sp³-hybridized carbons (Fsp3) is 0.323. The van der Waals surface area contributed by atoms with Gasteiger partial charge in [-0.2, -0.15) is 0 Å². The minimum Gasteiger partial charge on any atom is -0.448 e. The van der Waals surface area contributed by atoms with Crippen LogP contribution in [0, 0.1) is 0 Å². The van der Waals surface area contributed by atoms with Crippen LogP contribution in [0.15, 0.2) is 66.7 Å². The summed E-state index contributed by atoms with van der Waals surface area (Å²) in [6.07, 6.45) is 0.678. The summed E-state index contributed by atoms with van der Waals surface area (Å²) in [6.45, 7) is 7.48. The molecule has 1 aliphatic rings. The molecule has 0 saturated heterocycles. The van der Waals surface area contributed by atoms with Gasteiger partial charge >= 0.3 is 12.2 Å². The zero-order valence-corrected chi connectivity index (χ0v) is 22.8. The Morgan fingerprint density at radius 3 is 2.05 bits per heavy atom. The average Bonchev–Trinajstić information content (AvgIpc) is 3.20. The third-order valence-corrected chi connectivity index (χ3v) is 6.28. The van der Waals surface area contributed by atoms with Crippen molar-refractivity contribution in [3.8, 4) is 11.1 Å². The lowest BCUT2D eigenvalue weighted by Crippen LogP contribution is -2.27. The van der Waals surface area contributed by atoms with Gasteiger partial charge in [0.2, 0.25) is 5.91 Å². The van der Waals surface area contributed by atoms with Crippen LogP contribution >= 0.6 is 0 Å². The van der Waals surface area contributed by atoms with Crippen LogP contribution < -0.4 is 16.0 Å². The Labute approximate surface area is 229 Å². The number of amides is 3. The first-order chi connectivity index (χ1) is 18.6. The maximum Gasteiger partial charge on any atom is 0.412 e. The number of unbranched alkanes of at least 4 members (excludes halogenated alkanes) is 1. The second-order valence-electron chi connectivity index (χ2n) is 10.5. The van der Waals surface area contributed by atoms with Gasteiger partial charge in [0.15, 0.2) is 0 Å². The molecule has 0 radical (unpaired) electrons. The van der Waals surface area contributed by atoms with Gasteiger partial charge < -0.3 is 14.8 Å². The zero-order chi connectivity index (χ0) is 28.0. The second kappa shape index (κ2) is 12.0. The summed E-state index contributed by atoms with van der Waals surface area (Å²) in [5.41, 5.74) is 4.98. The van der Waals surface area contributed by atoms with Gasteiger partial charge in [-0.3, -0.25) is 15.4 Å². The van der Waals surface area contributed by atoms with Crippen LogP contribution in [0.3, 0.4) is 0 Å². The lowest BCUT2D eigenvalue weighted by Gasteiger charge is -2.20. The molecule has 0 spiro atoms. The van der Waals surface area contributed by atoms with E-state index in [1.165, 1.54) is 0 Å². The molecule has 4 rings (SSSR count). The summed E-state index contributed by atoms with van der Waals surface area (Å²) in [7, 11) is 0. The molecule has 1 aliphatic carbocycles.